The Bertz CT molecular complexity index is 260. The maximum atomic E-state index is 10.7. The van der Waals surface area contributed by atoms with Crippen molar-refractivity contribution >= 4 is 5.97 Å². The summed E-state index contributed by atoms with van der Waals surface area (Å²) in [4.78, 5) is 12.9. The summed E-state index contributed by atoms with van der Waals surface area (Å²) in [7, 11) is 0. The predicted octanol–water partition coefficient (Wildman–Crippen LogP) is 1.87. The monoisotopic (exact) mass is 243 g/mol. The Balaban J connectivity index is 2.70. The molecule has 0 aromatic heterocycles. The molecule has 1 rings (SSSR count). The lowest BCUT2D eigenvalue weighted by Crippen LogP contribution is -2.54. The van der Waals surface area contributed by atoms with Crippen LogP contribution in [0.15, 0.2) is 0 Å². The standard InChI is InChI=1S/C13H25NO3/c1-13(2,3)14(9-8-12(16)17)10-6-4-5-7-11(10)15/h10-11,15H,4-9H2,1-3H3,(H,16,17). The highest BCUT2D eigenvalue weighted by molar-refractivity contribution is 5.66. The molecule has 0 radical (unpaired) electrons. The van der Waals surface area contributed by atoms with E-state index in [1.54, 1.807) is 0 Å². The molecule has 2 N–H and O–H groups in total. The smallest absolute Gasteiger partial charge is 0.304 e. The lowest BCUT2D eigenvalue weighted by Gasteiger charge is -2.45. The van der Waals surface area contributed by atoms with E-state index < -0.39 is 5.97 Å². The van der Waals surface area contributed by atoms with Gasteiger partial charge in [0.2, 0.25) is 0 Å². The van der Waals surface area contributed by atoms with E-state index in [-0.39, 0.29) is 24.1 Å². The predicted molar refractivity (Wildman–Crippen MR) is 67.0 cm³/mol. The van der Waals surface area contributed by atoms with Gasteiger partial charge in [0.15, 0.2) is 0 Å². The van der Waals surface area contributed by atoms with Crippen LogP contribution in [0.25, 0.3) is 0 Å². The number of aliphatic hydroxyl groups is 1. The molecular weight excluding hydrogens is 218 g/mol. The van der Waals surface area contributed by atoms with E-state index >= 15 is 0 Å². The van der Waals surface area contributed by atoms with E-state index in [0.29, 0.717) is 6.54 Å². The summed E-state index contributed by atoms with van der Waals surface area (Å²) in [6.45, 7) is 6.75. The first-order valence-electron chi connectivity index (χ1n) is 6.49. The molecule has 2 unspecified atom stereocenters. The normalized spacial score (nSPS) is 26.2. The largest absolute Gasteiger partial charge is 0.481 e. The highest BCUT2D eigenvalue weighted by Crippen LogP contribution is 2.28. The third-order valence-corrected chi connectivity index (χ3v) is 3.52. The van der Waals surface area contributed by atoms with Crippen LogP contribution in [0.1, 0.15) is 52.9 Å². The minimum Gasteiger partial charge on any atom is -0.481 e. The van der Waals surface area contributed by atoms with Crippen molar-refractivity contribution in [2.45, 2.75) is 70.6 Å². The molecule has 1 aliphatic carbocycles. The quantitative estimate of drug-likeness (QED) is 0.791. The molecule has 1 aliphatic rings. The van der Waals surface area contributed by atoms with Crippen LogP contribution >= 0.6 is 0 Å². The third-order valence-electron chi connectivity index (χ3n) is 3.52. The van der Waals surface area contributed by atoms with E-state index in [0.717, 1.165) is 25.7 Å². The average Bonchev–Trinajstić information content (AvgIpc) is 2.18. The Labute approximate surface area is 104 Å². The minimum absolute atomic E-state index is 0.0988. The summed E-state index contributed by atoms with van der Waals surface area (Å²) in [5.41, 5.74) is -0.0988. The van der Waals surface area contributed by atoms with Crippen molar-refractivity contribution in [1.29, 1.82) is 0 Å². The number of hydrogen-bond acceptors (Lipinski definition) is 3. The first-order valence-corrected chi connectivity index (χ1v) is 6.49. The van der Waals surface area contributed by atoms with Gasteiger partial charge >= 0.3 is 5.97 Å². The zero-order valence-corrected chi connectivity index (χ0v) is 11.1. The van der Waals surface area contributed by atoms with Crippen LogP contribution < -0.4 is 0 Å². The number of aliphatic carboxylic acids is 1. The van der Waals surface area contributed by atoms with Crippen molar-refractivity contribution in [3.63, 3.8) is 0 Å². The molecule has 4 heteroatoms. The second-order valence-electron chi connectivity index (χ2n) is 5.93. The molecule has 1 fully saturated rings. The fourth-order valence-electron chi connectivity index (χ4n) is 2.67. The van der Waals surface area contributed by atoms with Gasteiger partial charge in [-0.3, -0.25) is 9.69 Å². The van der Waals surface area contributed by atoms with Crippen LogP contribution in [0.2, 0.25) is 0 Å². The Morgan fingerprint density at radius 3 is 2.35 bits per heavy atom. The summed E-state index contributed by atoms with van der Waals surface area (Å²) in [5.74, 6) is -0.774. The number of carboxylic acid groups (broad SMARTS) is 1. The highest BCUT2D eigenvalue weighted by atomic mass is 16.4. The van der Waals surface area contributed by atoms with E-state index in [1.165, 1.54) is 0 Å². The molecule has 0 aliphatic heterocycles. The molecule has 0 spiro atoms. The summed E-state index contributed by atoms with van der Waals surface area (Å²) >= 11 is 0. The molecular formula is C13H25NO3. The topological polar surface area (TPSA) is 60.8 Å². The van der Waals surface area contributed by atoms with Gasteiger partial charge in [-0.2, -0.15) is 0 Å². The second-order valence-corrected chi connectivity index (χ2v) is 5.93. The molecule has 2 atom stereocenters. The lowest BCUT2D eigenvalue weighted by molar-refractivity contribution is -0.138. The van der Waals surface area contributed by atoms with Gasteiger partial charge in [-0.15, -0.1) is 0 Å². The molecule has 0 saturated heterocycles. The Kier molecular flexibility index (Phi) is 4.95. The zero-order valence-electron chi connectivity index (χ0n) is 11.1. The molecule has 1 saturated carbocycles. The first kappa shape index (κ1) is 14.5. The van der Waals surface area contributed by atoms with Gasteiger partial charge in [0.1, 0.15) is 0 Å². The van der Waals surface area contributed by atoms with Gasteiger partial charge in [0.25, 0.3) is 0 Å². The molecule has 0 heterocycles. The third kappa shape index (κ3) is 4.28. The fourth-order valence-corrected chi connectivity index (χ4v) is 2.67. The number of carbonyl (C=O) groups is 1. The van der Waals surface area contributed by atoms with Gasteiger partial charge in [0, 0.05) is 18.1 Å². The number of aliphatic hydroxyl groups excluding tert-OH is 1. The van der Waals surface area contributed by atoms with Crippen molar-refractivity contribution in [2.24, 2.45) is 0 Å². The van der Waals surface area contributed by atoms with Crippen molar-refractivity contribution in [3.8, 4) is 0 Å². The van der Waals surface area contributed by atoms with Gasteiger partial charge in [-0.1, -0.05) is 12.8 Å². The van der Waals surface area contributed by atoms with Crippen molar-refractivity contribution in [2.75, 3.05) is 6.54 Å². The molecule has 0 aromatic carbocycles. The van der Waals surface area contributed by atoms with Crippen molar-refractivity contribution in [1.82, 2.24) is 4.90 Å². The van der Waals surface area contributed by atoms with Crippen LogP contribution in [-0.4, -0.2) is 45.3 Å². The van der Waals surface area contributed by atoms with E-state index in [1.807, 2.05) is 0 Å². The highest BCUT2D eigenvalue weighted by Gasteiger charge is 2.34. The van der Waals surface area contributed by atoms with Crippen LogP contribution in [0, 0.1) is 0 Å². The van der Waals surface area contributed by atoms with Gasteiger partial charge in [-0.05, 0) is 33.6 Å². The SMILES string of the molecule is CC(C)(C)N(CCC(=O)O)C1CCCCC1O. The second kappa shape index (κ2) is 5.83. The Hall–Kier alpha value is -0.610. The van der Waals surface area contributed by atoms with Crippen LogP contribution in [0.5, 0.6) is 0 Å². The first-order chi connectivity index (χ1) is 7.82. The van der Waals surface area contributed by atoms with Crippen LogP contribution in [0.3, 0.4) is 0 Å². The van der Waals surface area contributed by atoms with Crippen molar-refractivity contribution in [3.05, 3.63) is 0 Å². The average molecular weight is 243 g/mol. The molecule has 100 valence electrons. The number of hydrogen-bond donors (Lipinski definition) is 2. The summed E-state index contributed by atoms with van der Waals surface area (Å²) in [6.07, 6.45) is 3.84. The minimum atomic E-state index is -0.774. The summed E-state index contributed by atoms with van der Waals surface area (Å²) in [5, 5.41) is 18.9. The van der Waals surface area contributed by atoms with E-state index in [2.05, 4.69) is 25.7 Å². The van der Waals surface area contributed by atoms with E-state index in [9.17, 15) is 9.90 Å². The molecule has 17 heavy (non-hydrogen) atoms. The molecule has 0 amide bonds. The van der Waals surface area contributed by atoms with Crippen LogP contribution in [0.4, 0.5) is 0 Å². The Morgan fingerprint density at radius 2 is 1.88 bits per heavy atom. The summed E-state index contributed by atoms with van der Waals surface area (Å²) < 4.78 is 0. The van der Waals surface area contributed by atoms with Gasteiger partial charge < -0.3 is 10.2 Å². The van der Waals surface area contributed by atoms with Gasteiger partial charge in [-0.25, -0.2) is 0 Å². The molecule has 0 bridgehead atoms. The fraction of sp³-hybridized carbons (Fsp3) is 0.923. The van der Waals surface area contributed by atoms with Gasteiger partial charge in [0.05, 0.1) is 12.5 Å². The molecule has 0 aromatic rings. The van der Waals surface area contributed by atoms with Crippen molar-refractivity contribution < 1.29 is 15.0 Å². The van der Waals surface area contributed by atoms with E-state index in [4.69, 9.17) is 5.11 Å². The number of rotatable bonds is 4. The lowest BCUT2D eigenvalue weighted by atomic mass is 9.88. The van der Waals surface area contributed by atoms with Crippen LogP contribution in [-0.2, 0) is 4.79 Å². The summed E-state index contributed by atoms with van der Waals surface area (Å²) in [6, 6.07) is 0.114. The number of nitrogens with zero attached hydrogens (tertiary/aromatic N) is 1. The number of carboxylic acids is 1. The molecule has 4 nitrogen and oxygen atoms in total. The maximum absolute atomic E-state index is 10.7. The maximum Gasteiger partial charge on any atom is 0.304 e. The zero-order chi connectivity index (χ0) is 13.1. The Morgan fingerprint density at radius 1 is 1.29 bits per heavy atom.